The summed E-state index contributed by atoms with van der Waals surface area (Å²) < 4.78 is 0. The van der Waals surface area contributed by atoms with Gasteiger partial charge in [-0.1, -0.05) is 23.4 Å². The molecule has 0 aliphatic heterocycles. The smallest absolute Gasteiger partial charge is 0.170 e. The summed E-state index contributed by atoms with van der Waals surface area (Å²) in [7, 11) is 2.06. The third-order valence-corrected chi connectivity index (χ3v) is 3.34. The Labute approximate surface area is 124 Å². The van der Waals surface area contributed by atoms with Gasteiger partial charge < -0.3 is 10.9 Å². The fourth-order valence-corrected chi connectivity index (χ4v) is 2.21. The molecular weight excluding hydrogens is 264 g/mol. The summed E-state index contributed by atoms with van der Waals surface area (Å²) in [5, 5.41) is 11.7. The van der Waals surface area contributed by atoms with Crippen molar-refractivity contribution in [3.8, 4) is 0 Å². The van der Waals surface area contributed by atoms with Gasteiger partial charge in [-0.2, -0.15) is 0 Å². The summed E-state index contributed by atoms with van der Waals surface area (Å²) in [5.74, 6) is 0.131. The van der Waals surface area contributed by atoms with E-state index in [4.69, 9.17) is 10.9 Å². The molecular formula is C16H20N4O. The predicted molar refractivity (Wildman–Crippen MR) is 83.1 cm³/mol. The molecule has 21 heavy (non-hydrogen) atoms. The van der Waals surface area contributed by atoms with Crippen LogP contribution >= 0.6 is 0 Å². The van der Waals surface area contributed by atoms with E-state index in [1.807, 2.05) is 43.3 Å². The van der Waals surface area contributed by atoms with E-state index in [-0.39, 0.29) is 5.84 Å². The van der Waals surface area contributed by atoms with E-state index in [0.29, 0.717) is 0 Å². The van der Waals surface area contributed by atoms with Crippen molar-refractivity contribution in [1.82, 2.24) is 9.88 Å². The Balaban J connectivity index is 2.06. The lowest BCUT2D eigenvalue weighted by Gasteiger charge is -2.18. The zero-order valence-electron chi connectivity index (χ0n) is 12.3. The van der Waals surface area contributed by atoms with Crippen LogP contribution in [0, 0.1) is 6.92 Å². The van der Waals surface area contributed by atoms with Gasteiger partial charge in [-0.05, 0) is 43.3 Å². The maximum absolute atomic E-state index is 8.71. The highest BCUT2D eigenvalue weighted by atomic mass is 16.4. The average molecular weight is 284 g/mol. The summed E-state index contributed by atoms with van der Waals surface area (Å²) in [6.07, 6.45) is 1.81. The Morgan fingerprint density at radius 3 is 2.71 bits per heavy atom. The molecule has 0 bridgehead atoms. The second kappa shape index (κ2) is 6.85. The van der Waals surface area contributed by atoms with Crippen LogP contribution in [0.25, 0.3) is 0 Å². The van der Waals surface area contributed by atoms with Crippen molar-refractivity contribution in [2.75, 3.05) is 7.05 Å². The number of benzene rings is 1. The molecule has 110 valence electrons. The lowest BCUT2D eigenvalue weighted by atomic mass is 10.0. The summed E-state index contributed by atoms with van der Waals surface area (Å²) in [5.41, 5.74) is 9.70. The molecule has 3 N–H and O–H groups in total. The normalized spacial score (nSPS) is 11.9. The number of amidine groups is 1. The zero-order valence-corrected chi connectivity index (χ0v) is 12.3. The number of nitrogens with two attached hydrogens (primary N) is 1. The van der Waals surface area contributed by atoms with Crippen LogP contribution in [-0.4, -0.2) is 28.0 Å². The van der Waals surface area contributed by atoms with Gasteiger partial charge in [-0.15, -0.1) is 0 Å². The highest BCUT2D eigenvalue weighted by Crippen LogP contribution is 2.14. The minimum atomic E-state index is 0.131. The number of hydrogen-bond acceptors (Lipinski definition) is 4. The van der Waals surface area contributed by atoms with Gasteiger partial charge in [-0.25, -0.2) is 0 Å². The lowest BCUT2D eigenvalue weighted by Crippen LogP contribution is -2.19. The van der Waals surface area contributed by atoms with Crippen molar-refractivity contribution >= 4 is 5.84 Å². The van der Waals surface area contributed by atoms with Gasteiger partial charge in [0.15, 0.2) is 5.84 Å². The number of aryl methyl sites for hydroxylation is 1. The van der Waals surface area contributed by atoms with Crippen molar-refractivity contribution in [3.05, 3.63) is 65.0 Å². The van der Waals surface area contributed by atoms with E-state index in [1.54, 1.807) is 6.20 Å². The van der Waals surface area contributed by atoms with Gasteiger partial charge >= 0.3 is 0 Å². The molecule has 2 rings (SSSR count). The minimum absolute atomic E-state index is 0.131. The first kappa shape index (κ1) is 15.0. The first-order valence-electron chi connectivity index (χ1n) is 6.76. The van der Waals surface area contributed by atoms with Crippen molar-refractivity contribution in [3.63, 3.8) is 0 Å². The first-order valence-corrected chi connectivity index (χ1v) is 6.76. The SMILES string of the molecule is Cc1cc(/C(N)=N/O)ccc1CN(C)Cc1ccccn1. The van der Waals surface area contributed by atoms with Crippen molar-refractivity contribution in [2.45, 2.75) is 20.0 Å². The molecule has 0 fully saturated rings. The van der Waals surface area contributed by atoms with E-state index in [1.165, 1.54) is 5.56 Å². The third kappa shape index (κ3) is 4.03. The average Bonchev–Trinajstić information content (AvgIpc) is 2.49. The summed E-state index contributed by atoms with van der Waals surface area (Å²) >= 11 is 0. The lowest BCUT2D eigenvalue weighted by molar-refractivity contribution is 0.314. The largest absolute Gasteiger partial charge is 0.409 e. The van der Waals surface area contributed by atoms with E-state index in [0.717, 1.165) is 29.9 Å². The van der Waals surface area contributed by atoms with Crippen LogP contribution in [-0.2, 0) is 13.1 Å². The molecule has 5 nitrogen and oxygen atoms in total. The first-order chi connectivity index (χ1) is 10.1. The Morgan fingerprint density at radius 1 is 1.29 bits per heavy atom. The number of hydrogen-bond donors (Lipinski definition) is 2. The fourth-order valence-electron chi connectivity index (χ4n) is 2.21. The zero-order chi connectivity index (χ0) is 15.2. The number of aromatic nitrogens is 1. The molecule has 0 aliphatic carbocycles. The van der Waals surface area contributed by atoms with Gasteiger partial charge in [0.1, 0.15) is 0 Å². The van der Waals surface area contributed by atoms with Gasteiger partial charge in [0.2, 0.25) is 0 Å². The predicted octanol–water partition coefficient (Wildman–Crippen LogP) is 2.12. The summed E-state index contributed by atoms with van der Waals surface area (Å²) in [4.78, 5) is 6.53. The van der Waals surface area contributed by atoms with Gasteiger partial charge in [0, 0.05) is 24.8 Å². The molecule has 1 aromatic heterocycles. The number of pyridine rings is 1. The van der Waals surface area contributed by atoms with E-state index in [9.17, 15) is 0 Å². The van der Waals surface area contributed by atoms with Crippen LogP contribution in [0.5, 0.6) is 0 Å². The quantitative estimate of drug-likeness (QED) is 0.382. The number of rotatable bonds is 5. The molecule has 0 saturated carbocycles. The molecule has 0 atom stereocenters. The molecule has 0 saturated heterocycles. The Hall–Kier alpha value is -2.40. The minimum Gasteiger partial charge on any atom is -0.409 e. The Morgan fingerprint density at radius 2 is 2.10 bits per heavy atom. The third-order valence-electron chi connectivity index (χ3n) is 3.34. The van der Waals surface area contributed by atoms with Crippen LogP contribution in [0.1, 0.15) is 22.4 Å². The van der Waals surface area contributed by atoms with E-state index >= 15 is 0 Å². The van der Waals surface area contributed by atoms with Gasteiger partial charge in [0.25, 0.3) is 0 Å². The highest BCUT2D eigenvalue weighted by molar-refractivity contribution is 5.97. The number of nitrogens with zero attached hydrogens (tertiary/aromatic N) is 3. The standard InChI is InChI=1S/C16H20N4O/c1-12-9-13(16(17)19-21)6-7-14(12)10-20(2)11-15-5-3-4-8-18-15/h3-9,21H,10-11H2,1-2H3,(H2,17,19). The maximum Gasteiger partial charge on any atom is 0.170 e. The summed E-state index contributed by atoms with van der Waals surface area (Å²) in [6, 6.07) is 11.7. The van der Waals surface area contributed by atoms with Crippen LogP contribution in [0.4, 0.5) is 0 Å². The second-order valence-electron chi connectivity index (χ2n) is 5.12. The molecule has 0 amide bonds. The van der Waals surface area contributed by atoms with Crippen molar-refractivity contribution in [1.29, 1.82) is 0 Å². The highest BCUT2D eigenvalue weighted by Gasteiger charge is 2.07. The van der Waals surface area contributed by atoms with Crippen LogP contribution in [0.3, 0.4) is 0 Å². The molecule has 0 spiro atoms. The molecule has 2 aromatic rings. The maximum atomic E-state index is 8.71. The van der Waals surface area contributed by atoms with Crippen molar-refractivity contribution < 1.29 is 5.21 Å². The van der Waals surface area contributed by atoms with Crippen molar-refractivity contribution in [2.24, 2.45) is 10.9 Å². The number of oxime groups is 1. The van der Waals surface area contributed by atoms with Crippen LogP contribution < -0.4 is 5.73 Å². The molecule has 5 heteroatoms. The monoisotopic (exact) mass is 284 g/mol. The Bertz CT molecular complexity index is 625. The Kier molecular flexibility index (Phi) is 4.90. The molecule has 1 aromatic carbocycles. The van der Waals surface area contributed by atoms with Crippen LogP contribution in [0.2, 0.25) is 0 Å². The molecule has 0 unspecified atom stereocenters. The fraction of sp³-hybridized carbons (Fsp3) is 0.250. The van der Waals surface area contributed by atoms with Gasteiger partial charge in [-0.3, -0.25) is 9.88 Å². The van der Waals surface area contributed by atoms with E-state index in [2.05, 4.69) is 22.1 Å². The second-order valence-corrected chi connectivity index (χ2v) is 5.12. The topological polar surface area (TPSA) is 74.7 Å². The van der Waals surface area contributed by atoms with Gasteiger partial charge in [0.05, 0.1) is 5.69 Å². The molecule has 1 heterocycles. The van der Waals surface area contributed by atoms with E-state index < -0.39 is 0 Å². The molecule has 0 radical (unpaired) electrons. The van der Waals surface area contributed by atoms with Crippen LogP contribution in [0.15, 0.2) is 47.8 Å². The summed E-state index contributed by atoms with van der Waals surface area (Å²) in [6.45, 7) is 3.64. The molecule has 0 aliphatic rings.